The topological polar surface area (TPSA) is 52.6 Å². The Balaban J connectivity index is 2.42. The first-order valence-corrected chi connectivity index (χ1v) is 9.66. The van der Waals surface area contributed by atoms with Gasteiger partial charge in [0.2, 0.25) is 0 Å². The van der Waals surface area contributed by atoms with Gasteiger partial charge < -0.3 is 4.74 Å². The van der Waals surface area contributed by atoms with E-state index in [4.69, 9.17) is 20.5 Å². The molecule has 6 heteroatoms. The minimum Gasteiger partial charge on any atom is -0.495 e. The van der Waals surface area contributed by atoms with Gasteiger partial charge in [0.1, 0.15) is 11.9 Å². The summed E-state index contributed by atoms with van der Waals surface area (Å²) in [6.45, 7) is 7.65. The highest BCUT2D eigenvalue weighted by molar-refractivity contribution is 7.86. The lowest BCUT2D eigenvalue weighted by Gasteiger charge is -2.30. The van der Waals surface area contributed by atoms with Crippen molar-refractivity contribution < 1.29 is 17.3 Å². The van der Waals surface area contributed by atoms with Crippen LogP contribution in [-0.4, -0.2) is 15.5 Å². The molecule has 4 nitrogen and oxygen atoms in total. The van der Waals surface area contributed by atoms with Crippen molar-refractivity contribution in [2.24, 2.45) is 5.41 Å². The lowest BCUT2D eigenvalue weighted by Crippen LogP contribution is -2.24. The monoisotopic (exact) mass is 382 g/mol. The summed E-state index contributed by atoms with van der Waals surface area (Å²) in [6.07, 6.45) is -0.692. The largest absolute Gasteiger partial charge is 0.495 e. The van der Waals surface area contributed by atoms with E-state index in [9.17, 15) is 8.42 Å². The molecule has 0 aliphatic rings. The third kappa shape index (κ3) is 4.75. The van der Waals surface area contributed by atoms with E-state index >= 15 is 0 Å². The number of ether oxygens (including phenoxy) is 1. The van der Waals surface area contributed by atoms with Crippen LogP contribution in [0.1, 0.15) is 38.0 Å². The quantitative estimate of drug-likeness (QED) is 0.671. The highest BCUT2D eigenvalue weighted by Gasteiger charge is 2.33. The Kier molecular flexibility index (Phi) is 5.82. The molecule has 0 amide bonds. The molecule has 2 rings (SSSR count). The summed E-state index contributed by atoms with van der Waals surface area (Å²) in [5, 5.41) is 0.408. The van der Waals surface area contributed by atoms with Gasteiger partial charge in [-0.15, -0.1) is 0 Å². The number of hydrogen-bond donors (Lipinski definition) is 0. The second kappa shape index (κ2) is 7.36. The molecule has 0 saturated heterocycles. The van der Waals surface area contributed by atoms with Crippen LogP contribution in [0, 0.1) is 12.3 Å². The van der Waals surface area contributed by atoms with Crippen LogP contribution in [-0.2, 0) is 14.3 Å². The highest BCUT2D eigenvalue weighted by atomic mass is 35.5. The summed E-state index contributed by atoms with van der Waals surface area (Å²) in [7, 11) is -2.38. The molecule has 0 heterocycles. The first-order valence-electron chi connectivity index (χ1n) is 7.88. The van der Waals surface area contributed by atoms with Crippen molar-refractivity contribution in [2.75, 3.05) is 7.11 Å². The fraction of sp³-hybridized carbons (Fsp3) is 0.368. The number of benzene rings is 2. The van der Waals surface area contributed by atoms with Crippen molar-refractivity contribution in [3.8, 4) is 5.75 Å². The van der Waals surface area contributed by atoms with E-state index in [0.29, 0.717) is 16.3 Å². The fourth-order valence-corrected chi connectivity index (χ4v) is 3.93. The Hall–Kier alpha value is -1.56. The van der Waals surface area contributed by atoms with Crippen molar-refractivity contribution >= 4 is 21.7 Å². The molecule has 0 radical (unpaired) electrons. The van der Waals surface area contributed by atoms with E-state index in [1.165, 1.54) is 7.11 Å². The minimum atomic E-state index is -3.91. The maximum absolute atomic E-state index is 12.7. The van der Waals surface area contributed by atoms with Gasteiger partial charge in [0.05, 0.1) is 17.0 Å². The van der Waals surface area contributed by atoms with Crippen molar-refractivity contribution in [1.82, 2.24) is 0 Å². The Morgan fingerprint density at radius 3 is 2.12 bits per heavy atom. The van der Waals surface area contributed by atoms with Gasteiger partial charge in [-0.3, -0.25) is 4.18 Å². The zero-order chi connectivity index (χ0) is 18.8. The van der Waals surface area contributed by atoms with Crippen molar-refractivity contribution in [3.05, 3.63) is 58.6 Å². The van der Waals surface area contributed by atoms with Crippen LogP contribution >= 0.6 is 11.6 Å². The SMILES string of the molecule is COc1ccc(C(OS(=O)(=O)c2ccc(C)cc2)C(C)(C)C)cc1Cl. The zero-order valence-corrected chi connectivity index (χ0v) is 16.6. The molecule has 0 aromatic heterocycles. The third-order valence-electron chi connectivity index (χ3n) is 3.80. The van der Waals surface area contributed by atoms with Crippen molar-refractivity contribution in [2.45, 2.75) is 38.7 Å². The summed E-state index contributed by atoms with van der Waals surface area (Å²) in [6, 6.07) is 11.7. The van der Waals surface area contributed by atoms with Gasteiger partial charge in [-0.25, -0.2) is 0 Å². The molecule has 0 fully saturated rings. The molecule has 2 aromatic carbocycles. The van der Waals surface area contributed by atoms with Crippen molar-refractivity contribution in [3.63, 3.8) is 0 Å². The molecule has 136 valence electrons. The van der Waals surface area contributed by atoms with E-state index in [0.717, 1.165) is 5.56 Å². The molecular weight excluding hydrogens is 360 g/mol. The molecule has 1 atom stereocenters. The van der Waals surface area contributed by atoms with Crippen LogP contribution in [0.4, 0.5) is 0 Å². The molecule has 0 aliphatic heterocycles. The van der Waals surface area contributed by atoms with Crippen LogP contribution in [0.25, 0.3) is 0 Å². The van der Waals surface area contributed by atoms with Gasteiger partial charge in [0.25, 0.3) is 10.1 Å². The molecule has 0 N–H and O–H groups in total. The number of halogens is 1. The van der Waals surface area contributed by atoms with E-state index in [2.05, 4.69) is 0 Å². The van der Waals surface area contributed by atoms with Gasteiger partial charge >= 0.3 is 0 Å². The Morgan fingerprint density at radius 2 is 1.64 bits per heavy atom. The minimum absolute atomic E-state index is 0.131. The van der Waals surface area contributed by atoms with Crippen LogP contribution in [0.15, 0.2) is 47.4 Å². The number of hydrogen-bond acceptors (Lipinski definition) is 4. The van der Waals surface area contributed by atoms with Gasteiger partial charge in [0.15, 0.2) is 0 Å². The summed E-state index contributed by atoms with van der Waals surface area (Å²) in [4.78, 5) is 0.131. The molecule has 1 unspecified atom stereocenters. The summed E-state index contributed by atoms with van der Waals surface area (Å²) >= 11 is 6.20. The first-order chi connectivity index (χ1) is 11.5. The average molecular weight is 383 g/mol. The van der Waals surface area contributed by atoms with Crippen molar-refractivity contribution in [1.29, 1.82) is 0 Å². The summed E-state index contributed by atoms with van der Waals surface area (Å²) < 4.78 is 36.2. The van der Waals surface area contributed by atoms with Crippen LogP contribution in [0.5, 0.6) is 5.75 Å². The Labute approximate surface area is 154 Å². The van der Waals surface area contributed by atoms with Gasteiger partial charge in [-0.2, -0.15) is 8.42 Å². The first kappa shape index (κ1) is 19.8. The Bertz CT molecular complexity index is 837. The van der Waals surface area contributed by atoms with E-state index in [-0.39, 0.29) is 4.90 Å². The molecular formula is C19H23ClO4S. The summed E-state index contributed by atoms with van der Waals surface area (Å²) in [5.41, 5.74) is 1.19. The van der Waals surface area contributed by atoms with E-state index in [1.54, 1.807) is 42.5 Å². The van der Waals surface area contributed by atoms with E-state index < -0.39 is 21.6 Å². The maximum Gasteiger partial charge on any atom is 0.297 e. The standard InChI is InChI=1S/C19H23ClO4S/c1-13-6-9-15(10-7-13)25(21,22)24-18(19(2,3)4)14-8-11-17(23-5)16(20)12-14/h6-12,18H,1-5H3. The maximum atomic E-state index is 12.7. The second-order valence-electron chi connectivity index (χ2n) is 7.00. The predicted molar refractivity (Wildman–Crippen MR) is 99.6 cm³/mol. The number of aryl methyl sites for hydroxylation is 1. The number of methoxy groups -OCH3 is 1. The average Bonchev–Trinajstić information content (AvgIpc) is 2.52. The summed E-state index contributed by atoms with van der Waals surface area (Å²) in [5.74, 6) is 0.527. The molecule has 2 aromatic rings. The smallest absolute Gasteiger partial charge is 0.297 e. The predicted octanol–water partition coefficient (Wildman–Crippen LogP) is 5.15. The molecule has 0 saturated carbocycles. The normalized spacial score (nSPS) is 13.5. The van der Waals surface area contributed by atoms with E-state index in [1.807, 2.05) is 27.7 Å². The lowest BCUT2D eigenvalue weighted by atomic mass is 9.85. The third-order valence-corrected chi connectivity index (χ3v) is 5.39. The highest BCUT2D eigenvalue weighted by Crippen LogP contribution is 2.40. The van der Waals surface area contributed by atoms with Gasteiger partial charge in [0, 0.05) is 0 Å². The molecule has 0 bridgehead atoms. The van der Waals surface area contributed by atoms with Crippen LogP contribution in [0.2, 0.25) is 5.02 Å². The molecule has 0 aliphatic carbocycles. The van der Waals surface area contributed by atoms with Crippen LogP contribution < -0.4 is 4.74 Å². The Morgan fingerprint density at radius 1 is 1.04 bits per heavy atom. The second-order valence-corrected chi connectivity index (χ2v) is 8.98. The molecule has 25 heavy (non-hydrogen) atoms. The van der Waals surface area contributed by atoms with Gasteiger partial charge in [-0.05, 0) is 42.2 Å². The van der Waals surface area contributed by atoms with Gasteiger partial charge in [-0.1, -0.05) is 56.1 Å². The number of rotatable bonds is 5. The lowest BCUT2D eigenvalue weighted by molar-refractivity contribution is 0.0933. The fourth-order valence-electron chi connectivity index (χ4n) is 2.43. The van der Waals surface area contributed by atoms with Crippen LogP contribution in [0.3, 0.4) is 0 Å². The zero-order valence-electron chi connectivity index (χ0n) is 15.0. The molecule has 0 spiro atoms.